The average molecular weight is 209 g/mol. The van der Waals surface area contributed by atoms with Gasteiger partial charge in [0.1, 0.15) is 0 Å². The van der Waals surface area contributed by atoms with Crippen LogP contribution in [0.3, 0.4) is 0 Å². The number of alkyl halides is 3. The minimum Gasteiger partial charge on any atom is -0.394 e. The number of nitrogens with one attached hydrogen (secondary N) is 1. The number of halogens is 3. The Balaban J connectivity index is 3.33. The van der Waals surface area contributed by atoms with Gasteiger partial charge in [-0.05, 0) is 6.07 Å². The van der Waals surface area contributed by atoms with Crippen LogP contribution in [0.15, 0.2) is 10.9 Å². The molecule has 6 heteroatoms. The smallest absolute Gasteiger partial charge is 0.271 e. The summed E-state index contributed by atoms with van der Waals surface area (Å²) in [5.41, 5.74) is 4.02. The molecule has 1 aromatic heterocycles. The molecule has 0 radical (unpaired) electrons. The van der Waals surface area contributed by atoms with E-state index in [-0.39, 0.29) is 22.8 Å². The van der Waals surface area contributed by atoms with Gasteiger partial charge in [0.25, 0.3) is 12.0 Å². The van der Waals surface area contributed by atoms with Crippen molar-refractivity contribution >= 4 is 17.3 Å². The topological polar surface area (TPSA) is 58.9 Å². The van der Waals surface area contributed by atoms with Crippen molar-refractivity contribution in [2.75, 3.05) is 5.73 Å². The number of anilines is 1. The highest BCUT2D eigenvalue weighted by Crippen LogP contribution is 2.22. The minimum atomic E-state index is -2.69. The van der Waals surface area contributed by atoms with Crippen molar-refractivity contribution in [1.82, 2.24) is 4.98 Å². The second kappa shape index (κ2) is 3.74. The number of nitrogen functional groups attached to an aromatic ring is 1. The van der Waals surface area contributed by atoms with Crippen molar-refractivity contribution in [2.24, 2.45) is 0 Å². The molecule has 13 heavy (non-hydrogen) atoms. The molecule has 1 heterocycles. The number of hydrogen-bond donors (Lipinski definition) is 2. The van der Waals surface area contributed by atoms with E-state index in [1.54, 1.807) is 0 Å². The number of aromatic amines is 1. The largest absolute Gasteiger partial charge is 0.394 e. The number of hydrogen-bond acceptors (Lipinski definition) is 2. The highest BCUT2D eigenvalue weighted by molar-refractivity contribution is 6.17. The molecule has 0 bridgehead atoms. The minimum absolute atomic E-state index is 0.0101. The summed E-state index contributed by atoms with van der Waals surface area (Å²) in [4.78, 5) is 13.1. The van der Waals surface area contributed by atoms with Crippen molar-refractivity contribution in [2.45, 2.75) is 12.3 Å². The van der Waals surface area contributed by atoms with Crippen LogP contribution in [0.2, 0.25) is 0 Å². The van der Waals surface area contributed by atoms with Gasteiger partial charge in [-0.2, -0.15) is 0 Å². The number of nitrogens with two attached hydrogens (primary N) is 1. The molecule has 0 amide bonds. The first-order valence-corrected chi connectivity index (χ1v) is 3.95. The van der Waals surface area contributed by atoms with Crippen LogP contribution in [0, 0.1) is 0 Å². The Morgan fingerprint density at radius 1 is 1.62 bits per heavy atom. The molecule has 0 fully saturated rings. The lowest BCUT2D eigenvalue weighted by Crippen LogP contribution is -2.15. The molecule has 0 aromatic carbocycles. The molecule has 3 nitrogen and oxygen atoms in total. The van der Waals surface area contributed by atoms with Crippen molar-refractivity contribution in [3.63, 3.8) is 0 Å². The van der Waals surface area contributed by atoms with Crippen molar-refractivity contribution in [3.8, 4) is 0 Å². The highest BCUT2D eigenvalue weighted by Gasteiger charge is 2.14. The third-order valence-corrected chi connectivity index (χ3v) is 1.82. The average Bonchev–Trinajstić information content (AvgIpc) is 2.08. The normalized spacial score (nSPS) is 10.8. The first kappa shape index (κ1) is 9.98. The summed E-state index contributed by atoms with van der Waals surface area (Å²) in [6.07, 6.45) is -2.69. The van der Waals surface area contributed by atoms with Crippen LogP contribution in [0.1, 0.15) is 17.7 Å². The summed E-state index contributed by atoms with van der Waals surface area (Å²) in [7, 11) is 0. The monoisotopic (exact) mass is 208 g/mol. The van der Waals surface area contributed by atoms with E-state index < -0.39 is 12.0 Å². The zero-order valence-corrected chi connectivity index (χ0v) is 7.24. The molecule has 0 aliphatic carbocycles. The standard InChI is InChI=1S/C7H7ClF2N2O/c8-2-5-3(6(9)10)1-4(11)7(13)12-5/h1,6H,2,11H2,(H,12,13). The van der Waals surface area contributed by atoms with Crippen molar-refractivity contribution < 1.29 is 8.78 Å². The number of H-pyrrole nitrogens is 1. The van der Waals surface area contributed by atoms with Crippen LogP contribution in [0.25, 0.3) is 0 Å². The maximum absolute atomic E-state index is 12.3. The van der Waals surface area contributed by atoms with Crippen LogP contribution >= 0.6 is 11.6 Å². The summed E-state index contributed by atoms with van der Waals surface area (Å²) in [5.74, 6) is -0.171. The third-order valence-electron chi connectivity index (χ3n) is 1.55. The van der Waals surface area contributed by atoms with E-state index in [9.17, 15) is 13.6 Å². The quantitative estimate of drug-likeness (QED) is 0.726. The first-order valence-electron chi connectivity index (χ1n) is 3.42. The Hall–Kier alpha value is -1.10. The molecule has 0 saturated heterocycles. The molecule has 0 aliphatic rings. The molecule has 1 aromatic rings. The predicted molar refractivity (Wildman–Crippen MR) is 46.0 cm³/mol. The predicted octanol–water partition coefficient (Wildman–Crippen LogP) is 1.63. The molecule has 1 rings (SSSR count). The zero-order valence-electron chi connectivity index (χ0n) is 6.48. The van der Waals surface area contributed by atoms with Crippen LogP contribution in [0.5, 0.6) is 0 Å². The Bertz CT molecular complexity index is 364. The van der Waals surface area contributed by atoms with Gasteiger partial charge in [0.05, 0.1) is 11.6 Å². The van der Waals surface area contributed by atoms with E-state index in [0.29, 0.717) is 0 Å². The second-order valence-corrected chi connectivity index (χ2v) is 2.69. The summed E-state index contributed by atoms with van der Waals surface area (Å²) in [5, 5.41) is 0. The summed E-state index contributed by atoms with van der Waals surface area (Å²) >= 11 is 5.36. The fraction of sp³-hybridized carbons (Fsp3) is 0.286. The molecular formula is C7H7ClF2N2O. The Kier molecular flexibility index (Phi) is 2.87. The molecule has 72 valence electrons. The van der Waals surface area contributed by atoms with Crippen LogP contribution in [-0.4, -0.2) is 4.98 Å². The molecule has 0 saturated carbocycles. The van der Waals surface area contributed by atoms with Crippen LogP contribution in [0.4, 0.5) is 14.5 Å². The molecule has 0 spiro atoms. The molecule has 0 unspecified atom stereocenters. The van der Waals surface area contributed by atoms with Crippen LogP contribution in [-0.2, 0) is 5.88 Å². The second-order valence-electron chi connectivity index (χ2n) is 2.42. The van der Waals surface area contributed by atoms with E-state index in [1.165, 1.54) is 0 Å². The molecule has 3 N–H and O–H groups in total. The fourth-order valence-electron chi connectivity index (χ4n) is 0.907. The summed E-state index contributed by atoms with van der Waals surface area (Å²) in [6, 6.07) is 0.946. The van der Waals surface area contributed by atoms with Gasteiger partial charge in [-0.15, -0.1) is 11.6 Å². The lowest BCUT2D eigenvalue weighted by molar-refractivity contribution is 0.150. The van der Waals surface area contributed by atoms with E-state index >= 15 is 0 Å². The van der Waals surface area contributed by atoms with Crippen molar-refractivity contribution in [1.29, 1.82) is 0 Å². The third kappa shape index (κ3) is 1.98. The fourth-order valence-corrected chi connectivity index (χ4v) is 1.13. The summed E-state index contributed by atoms with van der Waals surface area (Å²) in [6.45, 7) is 0. The highest BCUT2D eigenvalue weighted by atomic mass is 35.5. The van der Waals surface area contributed by atoms with Gasteiger partial charge in [0, 0.05) is 11.3 Å². The van der Waals surface area contributed by atoms with Gasteiger partial charge in [-0.3, -0.25) is 4.79 Å². The van der Waals surface area contributed by atoms with E-state index in [2.05, 4.69) is 4.98 Å². The van der Waals surface area contributed by atoms with Crippen molar-refractivity contribution in [3.05, 3.63) is 27.7 Å². The molecule has 0 aliphatic heterocycles. The van der Waals surface area contributed by atoms with Gasteiger partial charge in [-0.1, -0.05) is 0 Å². The van der Waals surface area contributed by atoms with Crippen LogP contribution < -0.4 is 11.3 Å². The van der Waals surface area contributed by atoms with E-state index in [0.717, 1.165) is 6.07 Å². The van der Waals surface area contributed by atoms with E-state index in [1.807, 2.05) is 0 Å². The maximum atomic E-state index is 12.3. The maximum Gasteiger partial charge on any atom is 0.271 e. The van der Waals surface area contributed by atoms with Gasteiger partial charge in [0.2, 0.25) is 0 Å². The lowest BCUT2D eigenvalue weighted by atomic mass is 10.2. The number of aromatic nitrogens is 1. The number of rotatable bonds is 2. The van der Waals surface area contributed by atoms with Gasteiger partial charge < -0.3 is 10.7 Å². The Morgan fingerprint density at radius 2 is 2.23 bits per heavy atom. The first-order chi connectivity index (χ1) is 6.06. The van der Waals surface area contributed by atoms with Gasteiger partial charge in [-0.25, -0.2) is 8.78 Å². The Morgan fingerprint density at radius 3 is 2.69 bits per heavy atom. The summed E-state index contributed by atoms with van der Waals surface area (Å²) < 4.78 is 24.6. The SMILES string of the molecule is Nc1cc(C(F)F)c(CCl)[nH]c1=O. The van der Waals surface area contributed by atoms with E-state index in [4.69, 9.17) is 17.3 Å². The lowest BCUT2D eigenvalue weighted by Gasteiger charge is -2.05. The zero-order chi connectivity index (χ0) is 10.0. The number of pyridine rings is 1. The molecular weight excluding hydrogens is 202 g/mol. The Labute approximate surface area is 77.5 Å². The molecule has 0 atom stereocenters. The van der Waals surface area contributed by atoms with Gasteiger partial charge >= 0.3 is 0 Å². The van der Waals surface area contributed by atoms with Gasteiger partial charge in [0.15, 0.2) is 0 Å².